The molecule has 0 radical (unpaired) electrons. The van der Waals surface area contributed by atoms with Gasteiger partial charge in [-0.1, -0.05) is 13.3 Å². The van der Waals surface area contributed by atoms with Gasteiger partial charge in [0.1, 0.15) is 5.75 Å². The Kier molecular flexibility index (Phi) is 4.98. The summed E-state index contributed by atoms with van der Waals surface area (Å²) in [5.74, 6) is 0.594. The molecule has 0 saturated carbocycles. The Balaban J connectivity index is 1.85. The molecule has 0 saturated heterocycles. The van der Waals surface area contributed by atoms with E-state index in [1.807, 2.05) is 12.1 Å². The molecule has 1 heterocycles. The Bertz CT molecular complexity index is 500. The first-order valence-corrected chi connectivity index (χ1v) is 7.01. The lowest BCUT2D eigenvalue weighted by Crippen LogP contribution is -2.29. The minimum absolute atomic E-state index is 0.0227. The lowest BCUT2D eigenvalue weighted by Gasteiger charge is -2.17. The first kappa shape index (κ1) is 14.4. The van der Waals surface area contributed by atoms with Crippen molar-refractivity contribution in [2.45, 2.75) is 32.6 Å². The van der Waals surface area contributed by atoms with E-state index in [9.17, 15) is 9.59 Å². The monoisotopic (exact) mass is 276 g/mol. The summed E-state index contributed by atoms with van der Waals surface area (Å²) in [6.45, 7) is 2.79. The lowest BCUT2D eigenvalue weighted by molar-refractivity contribution is -0.123. The van der Waals surface area contributed by atoms with Crippen LogP contribution in [0.1, 0.15) is 31.7 Å². The van der Waals surface area contributed by atoms with E-state index in [1.54, 1.807) is 6.07 Å². The van der Waals surface area contributed by atoms with Crippen LogP contribution >= 0.6 is 0 Å². The maximum Gasteiger partial charge on any atom is 0.257 e. The molecule has 2 N–H and O–H groups in total. The van der Waals surface area contributed by atoms with Crippen LogP contribution in [0.2, 0.25) is 0 Å². The fourth-order valence-corrected chi connectivity index (χ4v) is 2.05. The van der Waals surface area contributed by atoms with Gasteiger partial charge in [-0.3, -0.25) is 9.59 Å². The molecule has 1 aromatic rings. The molecule has 2 amide bonds. The first-order chi connectivity index (χ1) is 9.69. The summed E-state index contributed by atoms with van der Waals surface area (Å²) in [5, 5.41) is 5.61. The van der Waals surface area contributed by atoms with Crippen molar-refractivity contribution in [1.82, 2.24) is 5.32 Å². The Labute approximate surface area is 118 Å². The van der Waals surface area contributed by atoms with Crippen molar-refractivity contribution in [2.75, 3.05) is 18.5 Å². The summed E-state index contributed by atoms with van der Waals surface area (Å²) >= 11 is 0. The number of unbranched alkanes of at least 4 members (excludes halogenated alkanes) is 1. The number of hydrogen-bond acceptors (Lipinski definition) is 3. The van der Waals surface area contributed by atoms with E-state index < -0.39 is 0 Å². The average Bonchev–Trinajstić information content (AvgIpc) is 2.45. The van der Waals surface area contributed by atoms with E-state index >= 15 is 0 Å². The Morgan fingerprint density at radius 1 is 1.40 bits per heavy atom. The highest BCUT2D eigenvalue weighted by molar-refractivity contribution is 5.94. The number of amides is 2. The van der Waals surface area contributed by atoms with E-state index in [4.69, 9.17) is 4.74 Å². The number of aryl methyl sites for hydroxylation is 1. The molecule has 0 unspecified atom stereocenters. The molecular weight excluding hydrogens is 256 g/mol. The SMILES string of the molecule is CCCCNC(=O)COc1ccc2c(c1)CCC(=O)N2. The van der Waals surface area contributed by atoms with E-state index in [0.717, 1.165) is 24.1 Å². The zero-order chi connectivity index (χ0) is 14.4. The number of rotatable bonds is 6. The largest absolute Gasteiger partial charge is 0.484 e. The summed E-state index contributed by atoms with van der Waals surface area (Å²) in [5.41, 5.74) is 1.88. The maximum absolute atomic E-state index is 11.5. The number of anilines is 1. The molecular formula is C15H20N2O3. The van der Waals surface area contributed by atoms with Gasteiger partial charge in [0.15, 0.2) is 6.61 Å². The number of nitrogens with one attached hydrogen (secondary N) is 2. The summed E-state index contributed by atoms with van der Waals surface area (Å²) in [4.78, 5) is 22.8. The quantitative estimate of drug-likeness (QED) is 0.779. The van der Waals surface area contributed by atoms with Crippen LogP contribution in [-0.2, 0) is 16.0 Å². The van der Waals surface area contributed by atoms with Gasteiger partial charge in [0.05, 0.1) is 0 Å². The van der Waals surface area contributed by atoms with Crippen LogP contribution < -0.4 is 15.4 Å². The van der Waals surface area contributed by atoms with Gasteiger partial charge in [-0.05, 0) is 36.6 Å². The number of fused-ring (bicyclic) bond motifs is 1. The minimum atomic E-state index is -0.107. The predicted octanol–water partition coefficient (Wildman–Crippen LogP) is 1.87. The molecule has 0 aromatic heterocycles. The van der Waals surface area contributed by atoms with Crippen LogP contribution in [0.4, 0.5) is 5.69 Å². The molecule has 2 rings (SSSR count). The Morgan fingerprint density at radius 2 is 2.25 bits per heavy atom. The topological polar surface area (TPSA) is 67.4 Å². The minimum Gasteiger partial charge on any atom is -0.484 e. The first-order valence-electron chi connectivity index (χ1n) is 7.01. The van der Waals surface area contributed by atoms with E-state index in [2.05, 4.69) is 17.6 Å². The van der Waals surface area contributed by atoms with Gasteiger partial charge in [0.2, 0.25) is 5.91 Å². The third-order valence-electron chi connectivity index (χ3n) is 3.19. The van der Waals surface area contributed by atoms with Gasteiger partial charge in [0, 0.05) is 18.7 Å². The second-order valence-corrected chi connectivity index (χ2v) is 4.86. The molecule has 1 aromatic carbocycles. The standard InChI is InChI=1S/C15H20N2O3/c1-2-3-8-16-15(19)10-20-12-5-6-13-11(9-12)4-7-14(18)17-13/h5-6,9H,2-4,7-8,10H2,1H3,(H,16,19)(H,17,18). The summed E-state index contributed by atoms with van der Waals surface area (Å²) in [6, 6.07) is 5.47. The molecule has 0 atom stereocenters. The fourth-order valence-electron chi connectivity index (χ4n) is 2.05. The van der Waals surface area contributed by atoms with Crippen LogP contribution in [0.25, 0.3) is 0 Å². The second kappa shape index (κ2) is 6.93. The zero-order valence-electron chi connectivity index (χ0n) is 11.7. The summed E-state index contributed by atoms with van der Waals surface area (Å²) in [6.07, 6.45) is 3.23. The highest BCUT2D eigenvalue weighted by atomic mass is 16.5. The van der Waals surface area contributed by atoms with Gasteiger partial charge >= 0.3 is 0 Å². The number of ether oxygens (including phenoxy) is 1. The van der Waals surface area contributed by atoms with Gasteiger partial charge in [-0.15, -0.1) is 0 Å². The van der Waals surface area contributed by atoms with Crippen LogP contribution in [0.15, 0.2) is 18.2 Å². The van der Waals surface area contributed by atoms with Crippen LogP contribution in [0.5, 0.6) is 5.75 Å². The molecule has 0 aliphatic carbocycles. The molecule has 0 spiro atoms. The van der Waals surface area contributed by atoms with Crippen molar-refractivity contribution in [3.05, 3.63) is 23.8 Å². The van der Waals surface area contributed by atoms with Gasteiger partial charge in [-0.25, -0.2) is 0 Å². The molecule has 5 heteroatoms. The highest BCUT2D eigenvalue weighted by Crippen LogP contribution is 2.26. The van der Waals surface area contributed by atoms with Crippen LogP contribution in [0.3, 0.4) is 0 Å². The average molecular weight is 276 g/mol. The molecule has 1 aliphatic rings. The normalized spacial score (nSPS) is 13.3. The molecule has 20 heavy (non-hydrogen) atoms. The van der Waals surface area contributed by atoms with E-state index in [1.165, 1.54) is 0 Å². The van der Waals surface area contributed by atoms with Crippen LogP contribution in [0, 0.1) is 0 Å². The van der Waals surface area contributed by atoms with Crippen molar-refractivity contribution in [3.8, 4) is 5.75 Å². The molecule has 1 aliphatic heterocycles. The molecule has 108 valence electrons. The maximum atomic E-state index is 11.5. The Hall–Kier alpha value is -2.04. The van der Waals surface area contributed by atoms with Gasteiger partial charge in [-0.2, -0.15) is 0 Å². The van der Waals surface area contributed by atoms with Crippen molar-refractivity contribution in [3.63, 3.8) is 0 Å². The number of carbonyl (C=O) groups is 2. The van der Waals surface area contributed by atoms with Crippen molar-refractivity contribution < 1.29 is 14.3 Å². The molecule has 5 nitrogen and oxygen atoms in total. The van der Waals surface area contributed by atoms with Crippen molar-refractivity contribution >= 4 is 17.5 Å². The van der Waals surface area contributed by atoms with Crippen LogP contribution in [-0.4, -0.2) is 25.0 Å². The fraction of sp³-hybridized carbons (Fsp3) is 0.467. The Morgan fingerprint density at radius 3 is 3.05 bits per heavy atom. The van der Waals surface area contributed by atoms with Crippen molar-refractivity contribution in [1.29, 1.82) is 0 Å². The number of benzene rings is 1. The number of hydrogen-bond donors (Lipinski definition) is 2. The van der Waals surface area contributed by atoms with E-state index in [0.29, 0.717) is 25.1 Å². The van der Waals surface area contributed by atoms with Gasteiger partial charge in [0.25, 0.3) is 5.91 Å². The molecule has 0 bridgehead atoms. The zero-order valence-corrected chi connectivity index (χ0v) is 11.7. The van der Waals surface area contributed by atoms with Crippen molar-refractivity contribution in [2.24, 2.45) is 0 Å². The number of carbonyl (C=O) groups excluding carboxylic acids is 2. The lowest BCUT2D eigenvalue weighted by atomic mass is 10.0. The summed E-state index contributed by atoms with van der Waals surface area (Å²) in [7, 11) is 0. The smallest absolute Gasteiger partial charge is 0.257 e. The third kappa shape index (κ3) is 3.98. The van der Waals surface area contributed by atoms with Gasteiger partial charge < -0.3 is 15.4 Å². The predicted molar refractivity (Wildman–Crippen MR) is 76.8 cm³/mol. The molecule has 0 fully saturated rings. The van der Waals surface area contributed by atoms with E-state index in [-0.39, 0.29) is 18.4 Å². The second-order valence-electron chi connectivity index (χ2n) is 4.86. The highest BCUT2D eigenvalue weighted by Gasteiger charge is 2.15. The third-order valence-corrected chi connectivity index (χ3v) is 3.19. The summed E-state index contributed by atoms with van der Waals surface area (Å²) < 4.78 is 5.47.